The molecule has 17 nitrogen and oxygen atoms in total. The first-order valence-corrected chi connectivity index (χ1v) is 29.1. The number of methoxy groups -OCH3 is 3. The summed E-state index contributed by atoms with van der Waals surface area (Å²) in [6.45, 7) is 14.4. The average molecular weight is 1080 g/mol. The van der Waals surface area contributed by atoms with E-state index < -0.39 is 5.97 Å². The van der Waals surface area contributed by atoms with E-state index >= 15 is 0 Å². The fraction of sp³-hybridized carbons (Fsp3) is 0.879. The summed E-state index contributed by atoms with van der Waals surface area (Å²) < 4.78 is 83.7. The quantitative estimate of drug-likeness (QED) is 0.0609. The molecule has 0 bridgehead atoms. The maximum absolute atomic E-state index is 12.3. The smallest absolute Gasteiger partial charge is 0.335 e. The molecule has 1 N–H and O–H groups in total. The summed E-state index contributed by atoms with van der Waals surface area (Å²) in [7, 11) is 4.98. The van der Waals surface area contributed by atoms with Gasteiger partial charge in [-0.2, -0.15) is 0 Å². The van der Waals surface area contributed by atoms with Crippen molar-refractivity contribution in [2.45, 2.75) is 154 Å². The molecule has 0 saturated heterocycles. The van der Waals surface area contributed by atoms with Gasteiger partial charge >= 0.3 is 5.97 Å². The number of rotatable bonds is 64. The predicted molar refractivity (Wildman–Crippen MR) is 294 cm³/mol. The number of hydrogen-bond acceptors (Lipinski definition) is 16. The molecule has 0 aromatic heterocycles. The normalized spacial score (nSPS) is 11.5. The number of unbranched alkanes of at least 4 members (excludes halogenated alkanes) is 21. The van der Waals surface area contributed by atoms with Crippen LogP contribution in [0.5, 0.6) is 17.2 Å². The Labute approximate surface area is 454 Å². The zero-order chi connectivity index (χ0) is 53.8. The van der Waals surface area contributed by atoms with Crippen molar-refractivity contribution in [2.24, 2.45) is 0 Å². The van der Waals surface area contributed by atoms with Gasteiger partial charge in [-0.15, -0.1) is 0 Å². The number of benzene rings is 1. The monoisotopic (exact) mass is 1080 g/mol. The fourth-order valence-electron chi connectivity index (χ4n) is 7.75. The van der Waals surface area contributed by atoms with Crippen LogP contribution in [0.3, 0.4) is 0 Å². The maximum atomic E-state index is 12.3. The lowest BCUT2D eigenvalue weighted by Crippen LogP contribution is -2.11. The maximum Gasteiger partial charge on any atom is 0.335 e. The van der Waals surface area contributed by atoms with Crippen molar-refractivity contribution in [2.75, 3.05) is 180 Å². The van der Waals surface area contributed by atoms with Gasteiger partial charge < -0.3 is 76.2 Å². The van der Waals surface area contributed by atoms with Crippen LogP contribution in [0.25, 0.3) is 0 Å². The largest absolute Gasteiger partial charge is 0.490 e. The van der Waals surface area contributed by atoms with Gasteiger partial charge in [-0.3, -0.25) is 0 Å². The predicted octanol–water partition coefficient (Wildman–Crippen LogP) is 11.0. The van der Waals surface area contributed by atoms with E-state index in [4.69, 9.17) is 71.1 Å². The lowest BCUT2D eigenvalue weighted by Gasteiger charge is -2.18. The highest BCUT2D eigenvalue weighted by Gasteiger charge is 2.19. The van der Waals surface area contributed by atoms with Crippen LogP contribution in [0.15, 0.2) is 12.1 Å². The molecule has 1 aromatic carbocycles. The van der Waals surface area contributed by atoms with Crippen LogP contribution in [0, 0.1) is 0 Å². The molecule has 0 aliphatic carbocycles. The summed E-state index contributed by atoms with van der Waals surface area (Å²) in [5.41, 5.74) is 0.139. The van der Waals surface area contributed by atoms with E-state index in [1.54, 1.807) is 33.5 Å². The minimum absolute atomic E-state index is 0.139. The van der Waals surface area contributed by atoms with E-state index in [9.17, 15) is 9.90 Å². The van der Waals surface area contributed by atoms with Crippen LogP contribution >= 0.6 is 0 Å². The first kappa shape index (κ1) is 70.6. The molecule has 1 aromatic rings. The van der Waals surface area contributed by atoms with Crippen molar-refractivity contribution >= 4 is 5.97 Å². The van der Waals surface area contributed by atoms with Gasteiger partial charge in [0.25, 0.3) is 0 Å². The molecule has 0 aliphatic rings. The molecule has 17 heteroatoms. The minimum Gasteiger partial charge on any atom is -0.490 e. The van der Waals surface area contributed by atoms with Crippen LogP contribution in [0.1, 0.15) is 164 Å². The first-order chi connectivity index (χ1) is 37.1. The van der Waals surface area contributed by atoms with Gasteiger partial charge in [-0.1, -0.05) is 116 Å². The van der Waals surface area contributed by atoms with Crippen LogP contribution < -0.4 is 14.2 Å². The molecule has 0 radical (unpaired) electrons. The molecule has 0 heterocycles. The van der Waals surface area contributed by atoms with Crippen molar-refractivity contribution in [3.63, 3.8) is 0 Å². The molecule has 0 atom stereocenters. The topological polar surface area (TPSA) is 176 Å². The van der Waals surface area contributed by atoms with Crippen LogP contribution in [0.2, 0.25) is 0 Å². The van der Waals surface area contributed by atoms with Gasteiger partial charge in [-0.05, 0) is 50.7 Å². The van der Waals surface area contributed by atoms with Gasteiger partial charge in [0.2, 0.25) is 5.75 Å². The molecule has 0 amide bonds. The Morgan fingerprint density at radius 2 is 0.480 bits per heavy atom. The van der Waals surface area contributed by atoms with E-state index in [1.165, 1.54) is 64.2 Å². The summed E-state index contributed by atoms with van der Waals surface area (Å²) in [5, 5.41) is 10.1. The number of carboxylic acids is 1. The highest BCUT2D eigenvalue weighted by molar-refractivity contribution is 5.89. The Balaban J connectivity index is 2.41. The third-order valence-corrected chi connectivity index (χ3v) is 12.1. The van der Waals surface area contributed by atoms with Crippen molar-refractivity contribution in [3.05, 3.63) is 17.7 Å². The number of aromatic carboxylic acids is 1. The van der Waals surface area contributed by atoms with Gasteiger partial charge in [0, 0.05) is 41.2 Å². The van der Waals surface area contributed by atoms with E-state index in [2.05, 4.69) is 0 Å². The Morgan fingerprint density at radius 1 is 0.280 bits per heavy atom. The second-order valence-electron chi connectivity index (χ2n) is 18.6. The van der Waals surface area contributed by atoms with Crippen molar-refractivity contribution in [1.29, 1.82) is 0 Å². The molecule has 0 spiro atoms. The van der Waals surface area contributed by atoms with Gasteiger partial charge in [0.15, 0.2) is 11.5 Å². The van der Waals surface area contributed by atoms with Crippen molar-refractivity contribution < 1.29 is 81.0 Å². The zero-order valence-corrected chi connectivity index (χ0v) is 47.6. The van der Waals surface area contributed by atoms with Crippen LogP contribution in [-0.2, 0) is 56.8 Å². The van der Waals surface area contributed by atoms with Crippen LogP contribution in [-0.4, -0.2) is 191 Å². The van der Waals surface area contributed by atoms with Crippen LogP contribution in [0.4, 0.5) is 0 Å². The Hall–Kier alpha value is -2.39. The number of ether oxygens (including phenoxy) is 15. The van der Waals surface area contributed by atoms with Gasteiger partial charge in [0.1, 0.15) is 0 Å². The van der Waals surface area contributed by atoms with E-state index in [0.717, 1.165) is 110 Å². The van der Waals surface area contributed by atoms with Crippen molar-refractivity contribution in [3.8, 4) is 17.2 Å². The standard InChI is InChI=1S/C58H108O17/c1-61-34-37-67-46-49-70-43-40-64-28-22-16-10-4-7-13-19-25-31-73-55-52-54(58(59)60)53-56(74-32-26-20-14-8-5-11-17-23-29-65-41-44-71-50-47-68-38-35-62-2)57(55)75-33-27-21-15-9-6-12-18-24-30-66-42-45-72-51-48-69-39-36-63-3/h52-53H,4-51H2,1-3H3,(H,59,60). The molecule has 0 saturated carbocycles. The SMILES string of the molecule is COCCOCCOCCOCCCCCCCCCCOc1cc(C(=O)O)cc(OCCCCCCCCCCOCCOCCOCCOC)c1OCCCCCCCCCCOCCOCCOCCOC. The summed E-state index contributed by atoms with van der Waals surface area (Å²) in [5.74, 6) is 0.394. The van der Waals surface area contributed by atoms with E-state index in [0.29, 0.717) is 156 Å². The highest BCUT2D eigenvalue weighted by atomic mass is 16.6. The second kappa shape index (κ2) is 59.3. The van der Waals surface area contributed by atoms with E-state index in [1.807, 2.05) is 0 Å². The zero-order valence-electron chi connectivity index (χ0n) is 47.6. The molecule has 442 valence electrons. The molecule has 0 unspecified atom stereocenters. The first-order valence-electron chi connectivity index (χ1n) is 29.1. The summed E-state index contributed by atoms with van der Waals surface area (Å²) in [6, 6.07) is 3.18. The Bertz CT molecular complexity index is 1250. The number of hydrogen-bond donors (Lipinski definition) is 1. The molecule has 0 fully saturated rings. The number of carboxylic acid groups (broad SMARTS) is 1. The molecule has 75 heavy (non-hydrogen) atoms. The van der Waals surface area contributed by atoms with Gasteiger partial charge in [0.05, 0.1) is 144 Å². The van der Waals surface area contributed by atoms with Gasteiger partial charge in [-0.25, -0.2) is 4.79 Å². The van der Waals surface area contributed by atoms with E-state index in [-0.39, 0.29) is 5.56 Å². The summed E-state index contributed by atoms with van der Waals surface area (Å²) in [4.78, 5) is 12.3. The molecule has 0 aliphatic heterocycles. The fourth-order valence-corrected chi connectivity index (χ4v) is 7.75. The summed E-state index contributed by atoms with van der Waals surface area (Å²) >= 11 is 0. The number of carbonyl (C=O) groups is 1. The second-order valence-corrected chi connectivity index (χ2v) is 18.6. The lowest BCUT2D eigenvalue weighted by molar-refractivity contribution is 0.00323. The molecule has 1 rings (SSSR count). The third kappa shape index (κ3) is 49.6. The van der Waals surface area contributed by atoms with Crippen molar-refractivity contribution in [1.82, 2.24) is 0 Å². The highest BCUT2D eigenvalue weighted by Crippen LogP contribution is 2.40. The molecular formula is C58H108O17. The average Bonchev–Trinajstić information content (AvgIpc) is 3.41. The molecular weight excluding hydrogens is 969 g/mol. The summed E-state index contributed by atoms with van der Waals surface area (Å²) in [6.07, 6.45) is 26.7. The third-order valence-electron chi connectivity index (χ3n) is 12.1. The lowest BCUT2D eigenvalue weighted by atomic mass is 10.1. The Morgan fingerprint density at radius 3 is 0.720 bits per heavy atom. The minimum atomic E-state index is -1.02. The Kier molecular flexibility index (Phi) is 55.8.